The Morgan fingerprint density at radius 2 is 2.24 bits per heavy atom. The van der Waals surface area contributed by atoms with E-state index >= 15 is 0 Å². The lowest BCUT2D eigenvalue weighted by Crippen LogP contribution is -2.65. The summed E-state index contributed by atoms with van der Waals surface area (Å²) in [6, 6.07) is 5.45. The highest BCUT2D eigenvalue weighted by Gasteiger charge is 2.39. The molecule has 2 amide bonds. The summed E-state index contributed by atoms with van der Waals surface area (Å²) in [6.07, 6.45) is 0. The fourth-order valence-corrected chi connectivity index (χ4v) is 2.78. The van der Waals surface area contributed by atoms with Crippen LogP contribution in [0.15, 0.2) is 18.2 Å². The second-order valence-electron chi connectivity index (χ2n) is 5.21. The first-order chi connectivity index (χ1) is 10.2. The quantitative estimate of drug-likeness (QED) is 0.740. The number of ether oxygens (including phenoxy) is 1. The smallest absolute Gasteiger partial charge is 0.312 e. The van der Waals surface area contributed by atoms with E-state index in [0.717, 1.165) is 13.1 Å². The standard InChI is InChI=1S/C14H18N4O3/c1-21-12-4-2-3-10(16-12)8-17-9-11-7-15-5-6-18(11)14(20)13(17)19/h2-4,11,15H,5-9H2,1H3. The van der Waals surface area contributed by atoms with Gasteiger partial charge in [0.25, 0.3) is 0 Å². The van der Waals surface area contributed by atoms with Crippen molar-refractivity contribution in [2.45, 2.75) is 12.6 Å². The van der Waals surface area contributed by atoms with Crippen molar-refractivity contribution in [3.8, 4) is 5.88 Å². The molecule has 2 fully saturated rings. The van der Waals surface area contributed by atoms with Crippen LogP contribution in [-0.2, 0) is 16.1 Å². The van der Waals surface area contributed by atoms with Gasteiger partial charge in [0.1, 0.15) is 0 Å². The van der Waals surface area contributed by atoms with Crippen molar-refractivity contribution in [1.29, 1.82) is 0 Å². The highest BCUT2D eigenvalue weighted by atomic mass is 16.5. The molecule has 1 unspecified atom stereocenters. The van der Waals surface area contributed by atoms with Gasteiger partial charge in [0.05, 0.1) is 25.4 Å². The van der Waals surface area contributed by atoms with E-state index in [2.05, 4.69) is 10.3 Å². The van der Waals surface area contributed by atoms with Gasteiger partial charge in [-0.1, -0.05) is 6.07 Å². The SMILES string of the molecule is COc1cccc(CN2CC3CNCCN3C(=O)C2=O)n1. The number of pyridine rings is 1. The van der Waals surface area contributed by atoms with Gasteiger partial charge in [-0.05, 0) is 6.07 Å². The van der Waals surface area contributed by atoms with Gasteiger partial charge in [-0.15, -0.1) is 0 Å². The number of hydrogen-bond donors (Lipinski definition) is 1. The van der Waals surface area contributed by atoms with E-state index in [4.69, 9.17) is 4.74 Å². The van der Waals surface area contributed by atoms with Gasteiger partial charge in [0.15, 0.2) is 0 Å². The Morgan fingerprint density at radius 1 is 1.38 bits per heavy atom. The lowest BCUT2D eigenvalue weighted by molar-refractivity contribution is -0.160. The van der Waals surface area contributed by atoms with Crippen LogP contribution in [0.2, 0.25) is 0 Å². The van der Waals surface area contributed by atoms with Gasteiger partial charge in [-0.25, -0.2) is 4.98 Å². The van der Waals surface area contributed by atoms with E-state index in [0.29, 0.717) is 31.2 Å². The van der Waals surface area contributed by atoms with Crippen LogP contribution in [-0.4, -0.2) is 65.9 Å². The van der Waals surface area contributed by atoms with Crippen LogP contribution in [0.4, 0.5) is 0 Å². The molecule has 7 nitrogen and oxygen atoms in total. The first-order valence-corrected chi connectivity index (χ1v) is 6.99. The molecule has 1 aromatic rings. The number of carbonyl (C=O) groups is 2. The van der Waals surface area contributed by atoms with E-state index in [9.17, 15) is 9.59 Å². The fourth-order valence-electron chi connectivity index (χ4n) is 2.78. The van der Waals surface area contributed by atoms with E-state index in [1.165, 1.54) is 0 Å². The number of methoxy groups -OCH3 is 1. The largest absolute Gasteiger partial charge is 0.481 e. The Kier molecular flexibility index (Phi) is 3.74. The van der Waals surface area contributed by atoms with E-state index in [1.807, 2.05) is 12.1 Å². The molecule has 2 aliphatic rings. The molecule has 0 spiro atoms. The molecule has 1 aromatic heterocycles. The van der Waals surface area contributed by atoms with E-state index in [1.54, 1.807) is 23.0 Å². The number of nitrogens with zero attached hydrogens (tertiary/aromatic N) is 3. The Hall–Kier alpha value is -2.15. The number of carbonyl (C=O) groups excluding carboxylic acids is 2. The zero-order valence-corrected chi connectivity index (χ0v) is 11.9. The van der Waals surface area contributed by atoms with Crippen LogP contribution in [0.25, 0.3) is 0 Å². The minimum atomic E-state index is -0.447. The van der Waals surface area contributed by atoms with E-state index < -0.39 is 11.8 Å². The lowest BCUT2D eigenvalue weighted by Gasteiger charge is -2.43. The zero-order valence-electron chi connectivity index (χ0n) is 11.9. The number of nitrogens with one attached hydrogen (secondary N) is 1. The summed E-state index contributed by atoms with van der Waals surface area (Å²) >= 11 is 0. The molecule has 0 bridgehead atoms. The number of amides is 2. The molecule has 0 radical (unpaired) electrons. The van der Waals surface area contributed by atoms with Crippen LogP contribution in [0.1, 0.15) is 5.69 Å². The topological polar surface area (TPSA) is 74.8 Å². The maximum Gasteiger partial charge on any atom is 0.312 e. The Bertz CT molecular complexity index is 563. The molecular weight excluding hydrogens is 272 g/mol. The molecule has 2 saturated heterocycles. The molecule has 21 heavy (non-hydrogen) atoms. The summed E-state index contributed by atoms with van der Waals surface area (Å²) in [5, 5.41) is 3.25. The van der Waals surface area contributed by atoms with Gasteiger partial charge in [0.2, 0.25) is 5.88 Å². The summed E-state index contributed by atoms with van der Waals surface area (Å²) in [4.78, 5) is 31.9. The molecule has 112 valence electrons. The lowest BCUT2D eigenvalue weighted by atomic mass is 10.1. The highest BCUT2D eigenvalue weighted by Crippen LogP contribution is 2.17. The minimum absolute atomic E-state index is 0.0505. The Labute approximate surface area is 122 Å². The van der Waals surface area contributed by atoms with Crippen molar-refractivity contribution < 1.29 is 14.3 Å². The van der Waals surface area contributed by atoms with Crippen LogP contribution >= 0.6 is 0 Å². The maximum atomic E-state index is 12.2. The first kappa shape index (κ1) is 13.8. The fraction of sp³-hybridized carbons (Fsp3) is 0.500. The summed E-state index contributed by atoms with van der Waals surface area (Å²) in [7, 11) is 1.55. The zero-order chi connectivity index (χ0) is 14.8. The van der Waals surface area contributed by atoms with Crippen molar-refractivity contribution in [2.75, 3.05) is 33.3 Å². The van der Waals surface area contributed by atoms with Crippen LogP contribution in [0.3, 0.4) is 0 Å². The monoisotopic (exact) mass is 290 g/mol. The van der Waals surface area contributed by atoms with Crippen molar-refractivity contribution in [2.24, 2.45) is 0 Å². The van der Waals surface area contributed by atoms with Gasteiger partial charge >= 0.3 is 11.8 Å². The van der Waals surface area contributed by atoms with Crippen LogP contribution in [0.5, 0.6) is 5.88 Å². The Morgan fingerprint density at radius 3 is 3.05 bits per heavy atom. The summed E-state index contributed by atoms with van der Waals surface area (Å²) in [5.74, 6) is -0.349. The second kappa shape index (κ2) is 5.69. The van der Waals surface area contributed by atoms with Crippen molar-refractivity contribution in [3.63, 3.8) is 0 Å². The highest BCUT2D eigenvalue weighted by molar-refractivity contribution is 6.35. The predicted molar refractivity (Wildman–Crippen MR) is 74.6 cm³/mol. The van der Waals surface area contributed by atoms with Crippen molar-refractivity contribution in [3.05, 3.63) is 23.9 Å². The van der Waals surface area contributed by atoms with Gasteiger partial charge in [-0.2, -0.15) is 0 Å². The molecule has 7 heteroatoms. The number of fused-ring (bicyclic) bond motifs is 1. The molecule has 0 aromatic carbocycles. The van der Waals surface area contributed by atoms with Gasteiger partial charge < -0.3 is 19.9 Å². The number of aromatic nitrogens is 1. The molecule has 1 atom stereocenters. The molecular formula is C14H18N4O3. The number of hydrogen-bond acceptors (Lipinski definition) is 5. The van der Waals surface area contributed by atoms with Crippen LogP contribution < -0.4 is 10.1 Å². The molecule has 3 rings (SSSR count). The van der Waals surface area contributed by atoms with Gasteiger partial charge in [0, 0.05) is 32.2 Å². The second-order valence-corrected chi connectivity index (χ2v) is 5.21. The normalized spacial score (nSPS) is 22.2. The third kappa shape index (κ3) is 2.69. The molecule has 3 heterocycles. The third-order valence-electron chi connectivity index (χ3n) is 3.86. The molecule has 0 saturated carbocycles. The maximum absolute atomic E-state index is 12.2. The average molecular weight is 290 g/mol. The average Bonchev–Trinajstić information content (AvgIpc) is 2.52. The summed E-state index contributed by atoms with van der Waals surface area (Å²) in [5.41, 5.74) is 0.715. The number of piperazine rings is 2. The van der Waals surface area contributed by atoms with E-state index in [-0.39, 0.29) is 6.04 Å². The number of rotatable bonds is 3. The van der Waals surface area contributed by atoms with Gasteiger partial charge in [-0.3, -0.25) is 9.59 Å². The first-order valence-electron chi connectivity index (χ1n) is 6.99. The molecule has 2 aliphatic heterocycles. The molecule has 1 N–H and O–H groups in total. The summed E-state index contributed by atoms with van der Waals surface area (Å²) in [6.45, 7) is 2.93. The van der Waals surface area contributed by atoms with Crippen molar-refractivity contribution in [1.82, 2.24) is 20.1 Å². The third-order valence-corrected chi connectivity index (χ3v) is 3.86. The van der Waals surface area contributed by atoms with Crippen LogP contribution in [0, 0.1) is 0 Å². The van der Waals surface area contributed by atoms with Crippen molar-refractivity contribution >= 4 is 11.8 Å². The molecule has 0 aliphatic carbocycles. The Balaban J connectivity index is 1.75. The summed E-state index contributed by atoms with van der Waals surface area (Å²) < 4.78 is 5.08. The predicted octanol–water partition coefficient (Wildman–Crippen LogP) is -0.767. The minimum Gasteiger partial charge on any atom is -0.481 e.